The van der Waals surface area contributed by atoms with E-state index in [2.05, 4.69) is 9.97 Å². The van der Waals surface area contributed by atoms with E-state index in [1.165, 1.54) is 6.33 Å². The Hall–Kier alpha value is -1.79. The minimum atomic E-state index is -3.43. The Morgan fingerprint density at radius 2 is 1.95 bits per heavy atom. The largest absolute Gasteiger partial charge is 0.245 e. The van der Waals surface area contributed by atoms with E-state index < -0.39 is 10.0 Å². The van der Waals surface area contributed by atoms with E-state index in [1.54, 1.807) is 22.6 Å². The summed E-state index contributed by atoms with van der Waals surface area (Å²) in [6.07, 6.45) is 5.02. The molecule has 1 aromatic heterocycles. The normalized spacial score (nSPS) is 20.0. The Balaban J connectivity index is 1.83. The molecule has 1 atom stereocenters. The number of hydrogen-bond donors (Lipinski definition) is 0. The fraction of sp³-hybridized carbons (Fsp3) is 0.375. The Labute approximate surface area is 131 Å². The molecule has 0 unspecified atom stereocenters. The number of piperidine rings is 1. The minimum absolute atomic E-state index is 0.136. The summed E-state index contributed by atoms with van der Waals surface area (Å²) in [6, 6.07) is 8.89. The first kappa shape index (κ1) is 15.1. The Kier molecular flexibility index (Phi) is 4.22. The molecule has 2 heterocycles. The molecule has 0 N–H and O–H groups in total. The molecule has 5 nitrogen and oxygen atoms in total. The smallest absolute Gasteiger partial charge is 0.243 e. The van der Waals surface area contributed by atoms with E-state index in [0.29, 0.717) is 18.0 Å². The van der Waals surface area contributed by atoms with Gasteiger partial charge < -0.3 is 0 Å². The maximum absolute atomic E-state index is 12.8. The highest BCUT2D eigenvalue weighted by atomic mass is 32.2. The van der Waals surface area contributed by atoms with E-state index in [9.17, 15) is 8.42 Å². The molecule has 116 valence electrons. The standard InChI is InChI=1S/C16H19N3O2S/c1-13-4-6-15(7-5-13)22(20,21)19-10-2-3-14(11-19)16-8-9-17-12-18-16/h4-9,12,14H,2-3,10-11H2,1H3/t14-/m0/s1. The summed E-state index contributed by atoms with van der Waals surface area (Å²) >= 11 is 0. The average molecular weight is 317 g/mol. The lowest BCUT2D eigenvalue weighted by Gasteiger charge is -2.31. The molecule has 0 radical (unpaired) electrons. The molecular formula is C16H19N3O2S. The highest BCUT2D eigenvalue weighted by Gasteiger charge is 2.31. The van der Waals surface area contributed by atoms with E-state index in [1.807, 2.05) is 25.1 Å². The van der Waals surface area contributed by atoms with Gasteiger partial charge >= 0.3 is 0 Å². The third kappa shape index (κ3) is 3.03. The molecule has 1 saturated heterocycles. The van der Waals surface area contributed by atoms with Crippen LogP contribution in [0.3, 0.4) is 0 Å². The number of rotatable bonds is 3. The van der Waals surface area contributed by atoms with Crippen molar-refractivity contribution in [2.75, 3.05) is 13.1 Å². The summed E-state index contributed by atoms with van der Waals surface area (Å²) in [5.74, 6) is 0.136. The van der Waals surface area contributed by atoms with Crippen LogP contribution in [0.15, 0.2) is 47.8 Å². The summed E-state index contributed by atoms with van der Waals surface area (Å²) < 4.78 is 27.1. The molecule has 0 saturated carbocycles. The number of benzene rings is 1. The third-order valence-electron chi connectivity index (χ3n) is 4.07. The topological polar surface area (TPSA) is 63.2 Å². The second-order valence-corrected chi connectivity index (χ2v) is 7.59. The SMILES string of the molecule is Cc1ccc(S(=O)(=O)N2CCC[C@H](c3ccncn3)C2)cc1. The molecular weight excluding hydrogens is 298 g/mol. The van der Waals surface area contributed by atoms with Gasteiger partial charge in [0.2, 0.25) is 10.0 Å². The molecule has 1 fully saturated rings. The second kappa shape index (κ2) is 6.14. The molecule has 0 bridgehead atoms. The van der Waals surface area contributed by atoms with Crippen LogP contribution in [0, 0.1) is 6.92 Å². The predicted octanol–water partition coefficient (Wildman–Crippen LogP) is 2.35. The van der Waals surface area contributed by atoms with Gasteiger partial charge in [0.05, 0.1) is 4.90 Å². The first-order chi connectivity index (χ1) is 10.6. The first-order valence-corrected chi connectivity index (χ1v) is 8.84. The lowest BCUT2D eigenvalue weighted by atomic mass is 9.96. The Bertz CT molecular complexity index is 730. The summed E-state index contributed by atoms with van der Waals surface area (Å²) in [5, 5.41) is 0. The molecule has 6 heteroatoms. The van der Waals surface area contributed by atoms with Crippen molar-refractivity contribution in [2.24, 2.45) is 0 Å². The van der Waals surface area contributed by atoms with Crippen molar-refractivity contribution < 1.29 is 8.42 Å². The zero-order valence-electron chi connectivity index (χ0n) is 12.5. The van der Waals surface area contributed by atoms with Gasteiger partial charge in [0, 0.05) is 30.9 Å². The monoisotopic (exact) mass is 317 g/mol. The van der Waals surface area contributed by atoms with Crippen LogP contribution in [-0.4, -0.2) is 35.8 Å². The first-order valence-electron chi connectivity index (χ1n) is 7.40. The van der Waals surface area contributed by atoms with Gasteiger partial charge in [0.25, 0.3) is 0 Å². The minimum Gasteiger partial charge on any atom is -0.245 e. The molecule has 1 aromatic carbocycles. The lowest BCUT2D eigenvalue weighted by Crippen LogP contribution is -2.39. The van der Waals surface area contributed by atoms with Crippen LogP contribution in [0.5, 0.6) is 0 Å². The maximum atomic E-state index is 12.8. The lowest BCUT2D eigenvalue weighted by molar-refractivity contribution is 0.312. The quantitative estimate of drug-likeness (QED) is 0.872. The van der Waals surface area contributed by atoms with Crippen LogP contribution in [0.1, 0.15) is 30.0 Å². The average Bonchev–Trinajstić information content (AvgIpc) is 2.56. The zero-order chi connectivity index (χ0) is 15.6. The van der Waals surface area contributed by atoms with E-state index >= 15 is 0 Å². The highest BCUT2D eigenvalue weighted by Crippen LogP contribution is 2.29. The molecule has 3 rings (SSSR count). The van der Waals surface area contributed by atoms with Crippen molar-refractivity contribution in [3.8, 4) is 0 Å². The van der Waals surface area contributed by atoms with E-state index in [-0.39, 0.29) is 5.92 Å². The molecule has 0 aliphatic carbocycles. The van der Waals surface area contributed by atoms with Gasteiger partial charge in [0.1, 0.15) is 6.33 Å². The van der Waals surface area contributed by atoms with Gasteiger partial charge in [-0.05, 0) is 38.0 Å². The fourth-order valence-corrected chi connectivity index (χ4v) is 4.33. The van der Waals surface area contributed by atoms with Crippen LogP contribution in [0.25, 0.3) is 0 Å². The van der Waals surface area contributed by atoms with Crippen molar-refractivity contribution >= 4 is 10.0 Å². The summed E-state index contributed by atoms with van der Waals surface area (Å²) in [6.45, 7) is 2.99. The van der Waals surface area contributed by atoms with Crippen molar-refractivity contribution in [1.82, 2.24) is 14.3 Å². The van der Waals surface area contributed by atoms with Gasteiger partial charge in [0.15, 0.2) is 0 Å². The van der Waals surface area contributed by atoms with Crippen LogP contribution in [0.2, 0.25) is 0 Å². The van der Waals surface area contributed by atoms with Crippen LogP contribution < -0.4 is 0 Å². The maximum Gasteiger partial charge on any atom is 0.243 e. The Morgan fingerprint density at radius 1 is 1.18 bits per heavy atom. The van der Waals surface area contributed by atoms with Crippen LogP contribution in [0.4, 0.5) is 0 Å². The molecule has 0 spiro atoms. The zero-order valence-corrected chi connectivity index (χ0v) is 13.3. The van der Waals surface area contributed by atoms with Crippen LogP contribution in [-0.2, 0) is 10.0 Å². The number of aromatic nitrogens is 2. The van der Waals surface area contributed by atoms with Gasteiger partial charge in [-0.15, -0.1) is 0 Å². The van der Waals surface area contributed by atoms with Crippen LogP contribution >= 0.6 is 0 Å². The molecule has 1 aliphatic rings. The Morgan fingerprint density at radius 3 is 2.64 bits per heavy atom. The van der Waals surface area contributed by atoms with E-state index in [4.69, 9.17) is 0 Å². The molecule has 0 amide bonds. The van der Waals surface area contributed by atoms with Crippen molar-refractivity contribution in [2.45, 2.75) is 30.6 Å². The molecule has 22 heavy (non-hydrogen) atoms. The molecule has 2 aromatic rings. The van der Waals surface area contributed by atoms with Gasteiger partial charge in [-0.25, -0.2) is 18.4 Å². The van der Waals surface area contributed by atoms with Crippen molar-refractivity contribution in [3.63, 3.8) is 0 Å². The number of nitrogens with zero attached hydrogens (tertiary/aromatic N) is 3. The summed E-state index contributed by atoms with van der Waals surface area (Å²) in [7, 11) is -3.43. The number of hydrogen-bond acceptors (Lipinski definition) is 4. The third-order valence-corrected chi connectivity index (χ3v) is 5.95. The summed E-state index contributed by atoms with van der Waals surface area (Å²) in [5.41, 5.74) is 1.97. The predicted molar refractivity (Wildman–Crippen MR) is 83.9 cm³/mol. The summed E-state index contributed by atoms with van der Waals surface area (Å²) in [4.78, 5) is 8.55. The fourth-order valence-electron chi connectivity index (χ4n) is 2.80. The number of sulfonamides is 1. The molecule has 1 aliphatic heterocycles. The van der Waals surface area contributed by atoms with Gasteiger partial charge in [-0.3, -0.25) is 0 Å². The second-order valence-electron chi connectivity index (χ2n) is 5.65. The van der Waals surface area contributed by atoms with Crippen molar-refractivity contribution in [1.29, 1.82) is 0 Å². The van der Waals surface area contributed by atoms with Crippen molar-refractivity contribution in [3.05, 3.63) is 54.1 Å². The van der Waals surface area contributed by atoms with Gasteiger partial charge in [-0.2, -0.15) is 4.31 Å². The van der Waals surface area contributed by atoms with Gasteiger partial charge in [-0.1, -0.05) is 17.7 Å². The highest BCUT2D eigenvalue weighted by molar-refractivity contribution is 7.89. The number of aryl methyl sites for hydroxylation is 1. The van der Waals surface area contributed by atoms with E-state index in [0.717, 1.165) is 24.1 Å².